The Morgan fingerprint density at radius 2 is 2.13 bits per heavy atom. The molecule has 0 unspecified atom stereocenters. The molecule has 0 spiro atoms. The summed E-state index contributed by atoms with van der Waals surface area (Å²) in [4.78, 5) is 4.70. The van der Waals surface area contributed by atoms with E-state index < -0.39 is 5.92 Å². The molecule has 0 bridgehead atoms. The Morgan fingerprint density at radius 3 is 2.91 bits per heavy atom. The lowest BCUT2D eigenvalue weighted by molar-refractivity contribution is -0.109. The number of fused-ring (bicyclic) bond motifs is 1. The van der Waals surface area contributed by atoms with Crippen LogP contribution in [0.4, 0.5) is 14.6 Å². The van der Waals surface area contributed by atoms with Crippen molar-refractivity contribution in [3.8, 4) is 0 Å². The smallest absolute Gasteiger partial charge is 0.248 e. The van der Waals surface area contributed by atoms with Gasteiger partial charge < -0.3 is 5.32 Å². The van der Waals surface area contributed by atoms with Crippen LogP contribution in [0, 0.1) is 5.92 Å². The number of pyridine rings is 1. The van der Waals surface area contributed by atoms with E-state index >= 15 is 0 Å². The normalized spacial score (nSPS) is 19.6. The van der Waals surface area contributed by atoms with E-state index in [2.05, 4.69) is 24.0 Å². The maximum atomic E-state index is 12.8. The first kappa shape index (κ1) is 16.4. The minimum Gasteiger partial charge on any atom is -0.370 e. The van der Waals surface area contributed by atoms with Crippen LogP contribution in [0.1, 0.15) is 56.2 Å². The average Bonchev–Trinajstić information content (AvgIpc) is 2.49. The Hall–Kier alpha value is -1.45. The standard InChI is InChI=1S/C19H26F2N2/c1-14(11-15-12-19(20,21)13-15)5-2-3-7-17-9-8-16-6-4-10-22-18(16)23-17/h8-9,15H,1-7,10-13H2,(H,22,23). The quantitative estimate of drug-likeness (QED) is 0.555. The highest BCUT2D eigenvalue weighted by Gasteiger charge is 2.44. The fourth-order valence-electron chi connectivity index (χ4n) is 3.63. The van der Waals surface area contributed by atoms with Crippen molar-refractivity contribution >= 4 is 5.82 Å². The number of rotatable bonds is 7. The highest BCUT2D eigenvalue weighted by molar-refractivity contribution is 5.46. The first-order chi connectivity index (χ1) is 11.0. The van der Waals surface area contributed by atoms with Crippen molar-refractivity contribution in [1.29, 1.82) is 0 Å². The fourth-order valence-corrected chi connectivity index (χ4v) is 3.63. The molecule has 1 saturated carbocycles. The lowest BCUT2D eigenvalue weighted by atomic mass is 9.77. The molecule has 4 heteroatoms. The van der Waals surface area contributed by atoms with Crippen molar-refractivity contribution in [2.24, 2.45) is 5.92 Å². The van der Waals surface area contributed by atoms with Gasteiger partial charge in [-0.1, -0.05) is 18.2 Å². The number of hydrogen-bond donors (Lipinski definition) is 1. The summed E-state index contributed by atoms with van der Waals surface area (Å²) in [5.74, 6) is -1.19. The predicted octanol–water partition coefficient (Wildman–Crippen LogP) is 5.14. The van der Waals surface area contributed by atoms with Crippen molar-refractivity contribution in [1.82, 2.24) is 4.98 Å². The van der Waals surface area contributed by atoms with Gasteiger partial charge in [0, 0.05) is 25.1 Å². The first-order valence-corrected chi connectivity index (χ1v) is 8.79. The second kappa shape index (κ2) is 6.98. The van der Waals surface area contributed by atoms with Crippen LogP contribution in [0.5, 0.6) is 0 Å². The van der Waals surface area contributed by atoms with Gasteiger partial charge >= 0.3 is 0 Å². The monoisotopic (exact) mass is 320 g/mol. The van der Waals surface area contributed by atoms with E-state index in [0.29, 0.717) is 0 Å². The molecule has 1 fully saturated rings. The van der Waals surface area contributed by atoms with Gasteiger partial charge in [-0.2, -0.15) is 0 Å². The molecular formula is C19H26F2N2. The number of nitrogens with one attached hydrogen (secondary N) is 1. The highest BCUT2D eigenvalue weighted by atomic mass is 19.3. The summed E-state index contributed by atoms with van der Waals surface area (Å²) >= 11 is 0. The van der Waals surface area contributed by atoms with Crippen molar-refractivity contribution in [3.63, 3.8) is 0 Å². The van der Waals surface area contributed by atoms with Crippen LogP contribution in [-0.4, -0.2) is 17.5 Å². The van der Waals surface area contributed by atoms with E-state index in [-0.39, 0.29) is 18.8 Å². The summed E-state index contributed by atoms with van der Waals surface area (Å²) in [7, 11) is 0. The second-order valence-electron chi connectivity index (χ2n) is 7.13. The second-order valence-corrected chi connectivity index (χ2v) is 7.13. The predicted molar refractivity (Wildman–Crippen MR) is 90.0 cm³/mol. The van der Waals surface area contributed by atoms with E-state index in [1.165, 1.54) is 12.0 Å². The molecule has 3 rings (SSSR count). The number of allylic oxidation sites excluding steroid dienone is 1. The van der Waals surface area contributed by atoms with E-state index in [1.54, 1.807) is 0 Å². The summed E-state index contributed by atoms with van der Waals surface area (Å²) < 4.78 is 25.6. The Balaban J connectivity index is 1.34. The van der Waals surface area contributed by atoms with Crippen LogP contribution in [-0.2, 0) is 12.8 Å². The number of nitrogens with zero attached hydrogens (tertiary/aromatic N) is 1. The number of halogens is 2. The third kappa shape index (κ3) is 4.52. The van der Waals surface area contributed by atoms with Crippen molar-refractivity contribution in [2.45, 2.75) is 63.7 Å². The molecule has 23 heavy (non-hydrogen) atoms. The molecule has 0 radical (unpaired) electrons. The van der Waals surface area contributed by atoms with Crippen LogP contribution in [0.3, 0.4) is 0 Å². The Morgan fingerprint density at radius 1 is 1.30 bits per heavy atom. The van der Waals surface area contributed by atoms with Gasteiger partial charge in [-0.05, 0) is 62.5 Å². The molecule has 1 aliphatic carbocycles. The number of aromatic nitrogens is 1. The van der Waals surface area contributed by atoms with E-state index in [4.69, 9.17) is 4.98 Å². The summed E-state index contributed by atoms with van der Waals surface area (Å²) in [5, 5.41) is 3.37. The molecule has 1 aromatic rings. The third-order valence-electron chi connectivity index (χ3n) is 4.92. The molecule has 2 heterocycles. The van der Waals surface area contributed by atoms with Crippen LogP contribution in [0.15, 0.2) is 24.3 Å². The molecule has 0 amide bonds. The zero-order valence-electron chi connectivity index (χ0n) is 13.7. The van der Waals surface area contributed by atoms with Gasteiger partial charge in [0.2, 0.25) is 5.92 Å². The number of aryl methyl sites for hydroxylation is 2. The Bertz CT molecular complexity index is 560. The Kier molecular flexibility index (Phi) is 4.98. The van der Waals surface area contributed by atoms with Gasteiger partial charge in [0.25, 0.3) is 0 Å². The number of alkyl halides is 2. The molecule has 0 saturated heterocycles. The van der Waals surface area contributed by atoms with E-state index in [0.717, 1.165) is 62.2 Å². The third-order valence-corrected chi connectivity index (χ3v) is 4.92. The minimum absolute atomic E-state index is 0.0536. The first-order valence-electron chi connectivity index (χ1n) is 8.79. The van der Waals surface area contributed by atoms with Gasteiger partial charge in [0.15, 0.2) is 0 Å². The zero-order chi connectivity index (χ0) is 16.3. The van der Waals surface area contributed by atoms with Crippen LogP contribution in [0.2, 0.25) is 0 Å². The van der Waals surface area contributed by atoms with Crippen molar-refractivity contribution in [2.75, 3.05) is 11.9 Å². The van der Waals surface area contributed by atoms with Gasteiger partial charge in [0.05, 0.1) is 0 Å². The van der Waals surface area contributed by atoms with Crippen molar-refractivity contribution in [3.05, 3.63) is 35.5 Å². The largest absolute Gasteiger partial charge is 0.370 e. The lowest BCUT2D eigenvalue weighted by Gasteiger charge is -2.35. The summed E-state index contributed by atoms with van der Waals surface area (Å²) in [5.41, 5.74) is 3.60. The van der Waals surface area contributed by atoms with Gasteiger partial charge in [0.1, 0.15) is 5.82 Å². The summed E-state index contributed by atoms with van der Waals surface area (Å²) in [6, 6.07) is 4.33. The summed E-state index contributed by atoms with van der Waals surface area (Å²) in [6.07, 6.45) is 7.25. The maximum absolute atomic E-state index is 12.8. The molecule has 0 aromatic carbocycles. The minimum atomic E-state index is -2.41. The van der Waals surface area contributed by atoms with E-state index in [9.17, 15) is 8.78 Å². The molecule has 2 nitrogen and oxygen atoms in total. The summed E-state index contributed by atoms with van der Waals surface area (Å²) in [6.45, 7) is 5.07. The number of anilines is 1. The molecule has 1 N–H and O–H groups in total. The van der Waals surface area contributed by atoms with Gasteiger partial charge in [-0.15, -0.1) is 0 Å². The number of hydrogen-bond acceptors (Lipinski definition) is 2. The molecule has 1 aromatic heterocycles. The fraction of sp³-hybridized carbons (Fsp3) is 0.632. The topological polar surface area (TPSA) is 24.9 Å². The highest BCUT2D eigenvalue weighted by Crippen LogP contribution is 2.45. The lowest BCUT2D eigenvalue weighted by Crippen LogP contribution is -2.35. The van der Waals surface area contributed by atoms with Crippen LogP contribution >= 0.6 is 0 Å². The SMILES string of the molecule is C=C(CCCCc1ccc2c(n1)NCCC2)CC1CC(F)(F)C1. The maximum Gasteiger partial charge on any atom is 0.248 e. The zero-order valence-corrected chi connectivity index (χ0v) is 13.7. The molecule has 0 atom stereocenters. The van der Waals surface area contributed by atoms with Crippen molar-refractivity contribution < 1.29 is 8.78 Å². The van der Waals surface area contributed by atoms with Gasteiger partial charge in [-0.25, -0.2) is 13.8 Å². The molecular weight excluding hydrogens is 294 g/mol. The Labute approximate surface area is 137 Å². The molecule has 126 valence electrons. The number of unbranched alkanes of at least 4 members (excludes halogenated alkanes) is 1. The van der Waals surface area contributed by atoms with Crippen LogP contribution in [0.25, 0.3) is 0 Å². The van der Waals surface area contributed by atoms with Crippen LogP contribution < -0.4 is 5.32 Å². The molecule has 1 aliphatic heterocycles. The molecule has 2 aliphatic rings. The van der Waals surface area contributed by atoms with E-state index in [1.807, 2.05) is 0 Å². The van der Waals surface area contributed by atoms with Gasteiger partial charge in [-0.3, -0.25) is 0 Å². The average molecular weight is 320 g/mol.